The molecule has 0 saturated heterocycles. The highest BCUT2D eigenvalue weighted by atomic mass is 16.3. The summed E-state index contributed by atoms with van der Waals surface area (Å²) in [6, 6.07) is 16.9. The standard InChI is InChI=1S/C19H16N4O2/c24-12-20-11-16-15-3-1-2-4-18(15)23(13-5-7-14(25)8-6-13)19(16)17-9-10-21-22-17/h1-11,24-25H,12H2,(H,21,22). The summed E-state index contributed by atoms with van der Waals surface area (Å²) in [6.07, 6.45) is 3.37. The second-order valence-corrected chi connectivity index (χ2v) is 5.55. The van der Waals surface area contributed by atoms with Crippen LogP contribution in [-0.2, 0) is 0 Å². The van der Waals surface area contributed by atoms with Crippen LogP contribution in [0.4, 0.5) is 0 Å². The van der Waals surface area contributed by atoms with E-state index in [0.29, 0.717) is 0 Å². The number of rotatable bonds is 4. The Morgan fingerprint density at radius 1 is 1.08 bits per heavy atom. The average molecular weight is 332 g/mol. The number of phenolic OH excluding ortho intramolecular Hbond substituents is 1. The van der Waals surface area contributed by atoms with E-state index in [9.17, 15) is 5.11 Å². The van der Waals surface area contributed by atoms with Gasteiger partial charge in [0.25, 0.3) is 0 Å². The number of nitrogens with zero attached hydrogens (tertiary/aromatic N) is 3. The molecule has 4 aromatic rings. The molecule has 6 nitrogen and oxygen atoms in total. The van der Waals surface area contributed by atoms with Gasteiger partial charge in [-0.1, -0.05) is 18.2 Å². The maximum Gasteiger partial charge on any atom is 0.134 e. The zero-order valence-electron chi connectivity index (χ0n) is 13.3. The monoisotopic (exact) mass is 332 g/mol. The number of aromatic nitrogens is 3. The van der Waals surface area contributed by atoms with Crippen LogP contribution in [-0.4, -0.2) is 37.9 Å². The van der Waals surface area contributed by atoms with E-state index in [4.69, 9.17) is 5.11 Å². The fourth-order valence-electron chi connectivity index (χ4n) is 3.05. The van der Waals surface area contributed by atoms with Gasteiger partial charge in [-0.05, 0) is 36.4 Å². The molecule has 124 valence electrons. The van der Waals surface area contributed by atoms with E-state index in [0.717, 1.165) is 33.5 Å². The second kappa shape index (κ2) is 6.26. The lowest BCUT2D eigenvalue weighted by Gasteiger charge is -2.10. The van der Waals surface area contributed by atoms with E-state index in [1.807, 2.05) is 42.5 Å². The quantitative estimate of drug-likeness (QED) is 0.502. The van der Waals surface area contributed by atoms with Crippen molar-refractivity contribution >= 4 is 17.1 Å². The van der Waals surface area contributed by atoms with E-state index in [2.05, 4.69) is 19.8 Å². The van der Waals surface area contributed by atoms with Crippen LogP contribution in [0.1, 0.15) is 5.56 Å². The Balaban J connectivity index is 2.11. The van der Waals surface area contributed by atoms with Gasteiger partial charge in [-0.3, -0.25) is 10.1 Å². The molecule has 2 aromatic carbocycles. The summed E-state index contributed by atoms with van der Waals surface area (Å²) in [7, 11) is 0. The molecule has 4 rings (SSSR count). The van der Waals surface area contributed by atoms with Crippen molar-refractivity contribution in [3.05, 3.63) is 66.4 Å². The maximum absolute atomic E-state index is 9.62. The van der Waals surface area contributed by atoms with Crippen LogP contribution in [0.15, 0.2) is 65.8 Å². The first-order valence-electron chi connectivity index (χ1n) is 7.83. The largest absolute Gasteiger partial charge is 0.508 e. The number of aromatic amines is 1. The lowest BCUT2D eigenvalue weighted by Crippen LogP contribution is -1.98. The Morgan fingerprint density at radius 3 is 2.60 bits per heavy atom. The van der Waals surface area contributed by atoms with Gasteiger partial charge in [-0.15, -0.1) is 0 Å². The van der Waals surface area contributed by atoms with Gasteiger partial charge in [-0.25, -0.2) is 0 Å². The van der Waals surface area contributed by atoms with Crippen LogP contribution in [0.25, 0.3) is 28.0 Å². The number of nitrogens with one attached hydrogen (secondary N) is 1. The van der Waals surface area contributed by atoms with Crippen LogP contribution >= 0.6 is 0 Å². The minimum absolute atomic E-state index is 0.213. The van der Waals surface area contributed by atoms with Gasteiger partial charge in [0.2, 0.25) is 0 Å². The number of H-pyrrole nitrogens is 1. The van der Waals surface area contributed by atoms with Gasteiger partial charge in [0.1, 0.15) is 12.5 Å². The molecule has 25 heavy (non-hydrogen) atoms. The van der Waals surface area contributed by atoms with Crippen LogP contribution in [0.3, 0.4) is 0 Å². The van der Waals surface area contributed by atoms with Crippen molar-refractivity contribution in [2.75, 3.05) is 6.73 Å². The summed E-state index contributed by atoms with van der Waals surface area (Å²) < 4.78 is 2.08. The number of fused-ring (bicyclic) bond motifs is 1. The number of para-hydroxylation sites is 1. The van der Waals surface area contributed by atoms with Gasteiger partial charge in [-0.2, -0.15) is 5.10 Å². The van der Waals surface area contributed by atoms with E-state index in [1.54, 1.807) is 24.5 Å². The zero-order chi connectivity index (χ0) is 17.2. The summed E-state index contributed by atoms with van der Waals surface area (Å²) >= 11 is 0. The molecule has 0 aliphatic rings. The van der Waals surface area contributed by atoms with Gasteiger partial charge in [0, 0.05) is 29.0 Å². The van der Waals surface area contributed by atoms with Crippen molar-refractivity contribution < 1.29 is 10.2 Å². The Labute approximate surface area is 143 Å². The molecule has 0 unspecified atom stereocenters. The third-order valence-electron chi connectivity index (χ3n) is 4.08. The maximum atomic E-state index is 9.62. The molecule has 0 aliphatic heterocycles. The summed E-state index contributed by atoms with van der Waals surface area (Å²) in [5, 5.41) is 26.8. The third-order valence-corrected chi connectivity index (χ3v) is 4.08. The summed E-state index contributed by atoms with van der Waals surface area (Å²) in [6.45, 7) is -0.277. The highest BCUT2D eigenvalue weighted by Crippen LogP contribution is 2.35. The molecule has 0 saturated carbocycles. The third kappa shape index (κ3) is 2.58. The SMILES string of the molecule is OCN=Cc1c(-c2ccn[nH]2)n(-c2ccc(O)cc2)c2ccccc12. The number of phenols is 1. The van der Waals surface area contributed by atoms with Crippen molar-refractivity contribution in [3.8, 4) is 22.8 Å². The number of hydrogen-bond donors (Lipinski definition) is 3. The van der Waals surface area contributed by atoms with Crippen molar-refractivity contribution in [3.63, 3.8) is 0 Å². The first-order valence-corrected chi connectivity index (χ1v) is 7.83. The van der Waals surface area contributed by atoms with Crippen molar-refractivity contribution in [2.24, 2.45) is 4.99 Å². The van der Waals surface area contributed by atoms with Crippen molar-refractivity contribution in [2.45, 2.75) is 0 Å². The highest BCUT2D eigenvalue weighted by molar-refractivity contribution is 6.07. The Hall–Kier alpha value is -3.38. The first kappa shape index (κ1) is 15.2. The van der Waals surface area contributed by atoms with Gasteiger partial charge in [0.05, 0.1) is 16.9 Å². The smallest absolute Gasteiger partial charge is 0.134 e. The predicted molar refractivity (Wildman–Crippen MR) is 97.2 cm³/mol. The Bertz CT molecular complexity index is 1030. The van der Waals surface area contributed by atoms with E-state index in [-0.39, 0.29) is 12.5 Å². The molecule has 0 radical (unpaired) electrons. The molecular weight excluding hydrogens is 316 g/mol. The molecule has 6 heteroatoms. The summed E-state index contributed by atoms with van der Waals surface area (Å²) in [4.78, 5) is 4.03. The van der Waals surface area contributed by atoms with Gasteiger partial charge < -0.3 is 14.8 Å². The summed E-state index contributed by atoms with van der Waals surface area (Å²) in [5.74, 6) is 0.213. The molecule has 2 aromatic heterocycles. The fourth-order valence-corrected chi connectivity index (χ4v) is 3.05. The lowest BCUT2D eigenvalue weighted by atomic mass is 10.1. The number of benzene rings is 2. The zero-order valence-corrected chi connectivity index (χ0v) is 13.3. The molecule has 0 aliphatic carbocycles. The minimum Gasteiger partial charge on any atom is -0.508 e. The van der Waals surface area contributed by atoms with Gasteiger partial charge in [0.15, 0.2) is 0 Å². The van der Waals surface area contributed by atoms with Crippen LogP contribution in [0.5, 0.6) is 5.75 Å². The fraction of sp³-hybridized carbons (Fsp3) is 0.0526. The summed E-state index contributed by atoms with van der Waals surface area (Å²) in [5.41, 5.74) is 4.52. The van der Waals surface area contributed by atoms with Crippen molar-refractivity contribution in [1.29, 1.82) is 0 Å². The van der Waals surface area contributed by atoms with Crippen LogP contribution in [0, 0.1) is 0 Å². The minimum atomic E-state index is -0.277. The molecule has 0 atom stereocenters. The highest BCUT2D eigenvalue weighted by Gasteiger charge is 2.19. The number of aliphatic hydroxyl groups excluding tert-OH is 1. The molecule has 0 spiro atoms. The predicted octanol–water partition coefficient (Wildman–Crippen LogP) is 3.09. The lowest BCUT2D eigenvalue weighted by molar-refractivity contribution is 0.310. The molecule has 0 amide bonds. The average Bonchev–Trinajstić information content (AvgIpc) is 3.26. The molecule has 2 heterocycles. The van der Waals surface area contributed by atoms with Crippen molar-refractivity contribution in [1.82, 2.24) is 14.8 Å². The topological polar surface area (TPSA) is 86.4 Å². The van der Waals surface area contributed by atoms with E-state index < -0.39 is 0 Å². The van der Waals surface area contributed by atoms with Gasteiger partial charge >= 0.3 is 0 Å². The second-order valence-electron chi connectivity index (χ2n) is 5.55. The number of aliphatic hydroxyl groups is 1. The molecule has 0 bridgehead atoms. The van der Waals surface area contributed by atoms with E-state index in [1.165, 1.54) is 0 Å². The number of aliphatic imine (C=N–C) groups is 1. The first-order chi connectivity index (χ1) is 12.3. The Kier molecular flexibility index (Phi) is 3.80. The van der Waals surface area contributed by atoms with Crippen LogP contribution in [0.2, 0.25) is 0 Å². The molecular formula is C19H16N4O2. The number of hydrogen-bond acceptors (Lipinski definition) is 4. The van der Waals surface area contributed by atoms with Crippen LogP contribution < -0.4 is 0 Å². The molecule has 3 N–H and O–H groups in total. The Morgan fingerprint density at radius 2 is 1.88 bits per heavy atom. The normalized spacial score (nSPS) is 11.6. The molecule has 0 fully saturated rings. The van der Waals surface area contributed by atoms with E-state index >= 15 is 0 Å². The number of aromatic hydroxyl groups is 1.